The Hall–Kier alpha value is -3.54. The minimum Gasteiger partial charge on any atom is -0.454 e. The van der Waals surface area contributed by atoms with E-state index in [9.17, 15) is 4.79 Å². The molecule has 2 N–H and O–H groups in total. The highest BCUT2D eigenvalue weighted by Gasteiger charge is 2.13. The molecule has 130 valence electrons. The lowest BCUT2D eigenvalue weighted by atomic mass is 10.2. The number of amides is 1. The van der Waals surface area contributed by atoms with Crippen LogP contribution in [0.15, 0.2) is 66.9 Å². The average Bonchev–Trinajstić information content (AvgIpc) is 3.15. The van der Waals surface area contributed by atoms with Gasteiger partial charge < -0.3 is 20.1 Å². The van der Waals surface area contributed by atoms with Gasteiger partial charge in [0.1, 0.15) is 5.82 Å². The Bertz CT molecular complexity index is 911. The van der Waals surface area contributed by atoms with Crippen molar-refractivity contribution in [3.05, 3.63) is 78.0 Å². The normalized spacial score (nSPS) is 11.8. The van der Waals surface area contributed by atoms with Gasteiger partial charge in [-0.15, -0.1) is 0 Å². The van der Waals surface area contributed by atoms with Crippen molar-refractivity contribution in [3.63, 3.8) is 0 Å². The maximum atomic E-state index is 12.2. The Kier molecular flexibility index (Phi) is 4.38. The number of hydrogen-bond donors (Lipinski definition) is 2. The topological polar surface area (TPSA) is 72.5 Å². The first-order chi connectivity index (χ1) is 12.8. The molecular formula is C20H17N3O3. The number of anilines is 2. The lowest BCUT2D eigenvalue weighted by molar-refractivity contribution is 0.0950. The molecule has 26 heavy (non-hydrogen) atoms. The Morgan fingerprint density at radius 1 is 1.00 bits per heavy atom. The summed E-state index contributed by atoms with van der Waals surface area (Å²) < 4.78 is 10.6. The van der Waals surface area contributed by atoms with Crippen molar-refractivity contribution < 1.29 is 14.3 Å². The zero-order valence-corrected chi connectivity index (χ0v) is 13.9. The van der Waals surface area contributed by atoms with E-state index in [1.807, 2.05) is 48.5 Å². The molecule has 0 saturated heterocycles. The molecule has 0 unspecified atom stereocenters. The van der Waals surface area contributed by atoms with Crippen LogP contribution >= 0.6 is 0 Å². The standard InChI is InChI=1S/C20H17N3O3/c24-20(22-11-14-4-2-1-3-5-14)15-6-9-19(21-12-15)23-16-7-8-17-18(10-16)26-13-25-17/h1-10,12H,11,13H2,(H,21,23)(H,22,24). The number of benzene rings is 2. The first-order valence-electron chi connectivity index (χ1n) is 8.23. The quantitative estimate of drug-likeness (QED) is 0.739. The van der Waals surface area contributed by atoms with Crippen LogP contribution in [0.5, 0.6) is 11.5 Å². The van der Waals surface area contributed by atoms with E-state index in [1.165, 1.54) is 0 Å². The van der Waals surface area contributed by atoms with Crippen LogP contribution in [-0.4, -0.2) is 17.7 Å². The molecule has 1 aromatic heterocycles. The van der Waals surface area contributed by atoms with Crippen molar-refractivity contribution >= 4 is 17.4 Å². The molecule has 0 atom stereocenters. The first-order valence-corrected chi connectivity index (χ1v) is 8.23. The van der Waals surface area contributed by atoms with Crippen LogP contribution in [0.3, 0.4) is 0 Å². The summed E-state index contributed by atoms with van der Waals surface area (Å²) in [6.07, 6.45) is 1.55. The smallest absolute Gasteiger partial charge is 0.253 e. The highest BCUT2D eigenvalue weighted by molar-refractivity contribution is 5.94. The van der Waals surface area contributed by atoms with Crippen LogP contribution in [-0.2, 0) is 6.54 Å². The maximum absolute atomic E-state index is 12.2. The number of nitrogens with one attached hydrogen (secondary N) is 2. The van der Waals surface area contributed by atoms with Crippen LogP contribution in [0.4, 0.5) is 11.5 Å². The summed E-state index contributed by atoms with van der Waals surface area (Å²) in [4.78, 5) is 16.5. The predicted molar refractivity (Wildman–Crippen MR) is 97.7 cm³/mol. The average molecular weight is 347 g/mol. The largest absolute Gasteiger partial charge is 0.454 e. The molecule has 4 rings (SSSR count). The van der Waals surface area contributed by atoms with Gasteiger partial charge >= 0.3 is 0 Å². The molecule has 2 aromatic carbocycles. The van der Waals surface area contributed by atoms with Gasteiger partial charge in [0.2, 0.25) is 6.79 Å². The molecule has 0 saturated carbocycles. The van der Waals surface area contributed by atoms with E-state index >= 15 is 0 Å². The van der Waals surface area contributed by atoms with Gasteiger partial charge in [-0.2, -0.15) is 0 Å². The SMILES string of the molecule is O=C(NCc1ccccc1)c1ccc(Nc2ccc3c(c2)OCO3)nc1. The van der Waals surface area contributed by atoms with Gasteiger partial charge in [-0.25, -0.2) is 4.98 Å². The van der Waals surface area contributed by atoms with Crippen molar-refractivity contribution in [2.45, 2.75) is 6.54 Å². The molecule has 2 heterocycles. The van der Waals surface area contributed by atoms with E-state index in [2.05, 4.69) is 15.6 Å². The van der Waals surface area contributed by atoms with E-state index in [-0.39, 0.29) is 12.7 Å². The number of carbonyl (C=O) groups is 1. The van der Waals surface area contributed by atoms with Gasteiger partial charge in [0.05, 0.1) is 5.56 Å². The van der Waals surface area contributed by atoms with Crippen LogP contribution in [0.25, 0.3) is 0 Å². The van der Waals surface area contributed by atoms with Crippen LogP contribution in [0.2, 0.25) is 0 Å². The summed E-state index contributed by atoms with van der Waals surface area (Å²) in [6.45, 7) is 0.723. The van der Waals surface area contributed by atoms with Gasteiger partial charge in [-0.1, -0.05) is 30.3 Å². The monoisotopic (exact) mass is 347 g/mol. The molecule has 3 aromatic rings. The molecule has 1 aliphatic rings. The van der Waals surface area contributed by atoms with Gasteiger partial charge in [0.25, 0.3) is 5.91 Å². The Labute approximate surface area is 150 Å². The second kappa shape index (κ2) is 7.14. The highest BCUT2D eigenvalue weighted by atomic mass is 16.7. The van der Waals surface area contributed by atoms with Gasteiger partial charge in [0, 0.05) is 24.5 Å². The molecule has 1 aliphatic heterocycles. The number of rotatable bonds is 5. The van der Waals surface area contributed by atoms with E-state index in [4.69, 9.17) is 9.47 Å². The van der Waals surface area contributed by atoms with Crippen molar-refractivity contribution in [2.75, 3.05) is 12.1 Å². The fraction of sp³-hybridized carbons (Fsp3) is 0.100. The minimum atomic E-state index is -0.156. The summed E-state index contributed by atoms with van der Waals surface area (Å²) in [5.41, 5.74) is 2.40. The van der Waals surface area contributed by atoms with Gasteiger partial charge in [-0.05, 0) is 29.8 Å². The minimum absolute atomic E-state index is 0.156. The third kappa shape index (κ3) is 3.59. The van der Waals surface area contributed by atoms with Crippen molar-refractivity contribution in [1.82, 2.24) is 10.3 Å². The number of nitrogens with zero attached hydrogens (tertiary/aromatic N) is 1. The second-order valence-electron chi connectivity index (χ2n) is 5.79. The molecule has 6 nitrogen and oxygen atoms in total. The Balaban J connectivity index is 1.38. The molecule has 0 radical (unpaired) electrons. The summed E-state index contributed by atoms with van der Waals surface area (Å²) in [7, 11) is 0. The molecule has 1 amide bonds. The number of aromatic nitrogens is 1. The maximum Gasteiger partial charge on any atom is 0.253 e. The molecule has 0 aliphatic carbocycles. The second-order valence-corrected chi connectivity index (χ2v) is 5.79. The van der Waals surface area contributed by atoms with Crippen LogP contribution in [0, 0.1) is 0 Å². The first kappa shape index (κ1) is 16.0. The zero-order valence-electron chi connectivity index (χ0n) is 13.9. The lowest BCUT2D eigenvalue weighted by Crippen LogP contribution is -2.22. The molecule has 0 bridgehead atoms. The highest BCUT2D eigenvalue weighted by Crippen LogP contribution is 2.34. The zero-order chi connectivity index (χ0) is 17.8. The fourth-order valence-electron chi connectivity index (χ4n) is 2.60. The summed E-state index contributed by atoms with van der Waals surface area (Å²) >= 11 is 0. The van der Waals surface area contributed by atoms with Crippen molar-refractivity contribution in [3.8, 4) is 11.5 Å². The van der Waals surface area contributed by atoms with Crippen LogP contribution < -0.4 is 20.1 Å². The number of fused-ring (bicyclic) bond motifs is 1. The number of pyridine rings is 1. The fourth-order valence-corrected chi connectivity index (χ4v) is 2.60. The van der Waals surface area contributed by atoms with E-state index < -0.39 is 0 Å². The summed E-state index contributed by atoms with van der Waals surface area (Å²) in [6, 6.07) is 18.9. The third-order valence-electron chi connectivity index (χ3n) is 3.97. The van der Waals surface area contributed by atoms with Gasteiger partial charge in [0.15, 0.2) is 11.5 Å². The number of ether oxygens (including phenoxy) is 2. The van der Waals surface area contributed by atoms with E-state index in [0.29, 0.717) is 23.7 Å². The molecule has 0 fully saturated rings. The molecular weight excluding hydrogens is 330 g/mol. The van der Waals surface area contributed by atoms with Crippen LogP contribution in [0.1, 0.15) is 15.9 Å². The number of hydrogen-bond acceptors (Lipinski definition) is 5. The predicted octanol–water partition coefficient (Wildman–Crippen LogP) is 3.48. The number of carbonyl (C=O) groups excluding carboxylic acids is 1. The van der Waals surface area contributed by atoms with E-state index in [1.54, 1.807) is 18.3 Å². The Morgan fingerprint density at radius 2 is 1.85 bits per heavy atom. The van der Waals surface area contributed by atoms with Crippen molar-refractivity contribution in [1.29, 1.82) is 0 Å². The third-order valence-corrected chi connectivity index (χ3v) is 3.97. The Morgan fingerprint density at radius 3 is 2.65 bits per heavy atom. The van der Waals surface area contributed by atoms with Crippen molar-refractivity contribution in [2.24, 2.45) is 0 Å². The molecule has 0 spiro atoms. The lowest BCUT2D eigenvalue weighted by Gasteiger charge is -2.08. The van der Waals surface area contributed by atoms with E-state index in [0.717, 1.165) is 17.0 Å². The summed E-state index contributed by atoms with van der Waals surface area (Å²) in [5, 5.41) is 6.06. The molecule has 6 heteroatoms. The van der Waals surface area contributed by atoms with Gasteiger partial charge in [-0.3, -0.25) is 4.79 Å². The summed E-state index contributed by atoms with van der Waals surface area (Å²) in [5.74, 6) is 1.92.